The fourth-order valence-corrected chi connectivity index (χ4v) is 4.57. The predicted molar refractivity (Wildman–Crippen MR) is 149 cm³/mol. The zero-order valence-electron chi connectivity index (χ0n) is 19.6. The maximum absolute atomic E-state index is 13.5. The van der Waals surface area contributed by atoms with E-state index in [0.29, 0.717) is 55.4 Å². The second-order valence-electron chi connectivity index (χ2n) is 7.86. The molecule has 0 saturated carbocycles. The number of nitrogens with zero attached hydrogens (tertiary/aromatic N) is 3. The lowest BCUT2D eigenvalue weighted by Crippen LogP contribution is -2.20. The molecule has 0 spiro atoms. The first kappa shape index (κ1) is 24.6. The van der Waals surface area contributed by atoms with Gasteiger partial charge in [0.25, 0.3) is 5.56 Å². The molecule has 7 nitrogen and oxygen atoms in total. The predicted octanol–water partition coefficient (Wildman–Crippen LogP) is 6.52. The number of rotatable bonds is 7. The molecule has 0 unspecified atom stereocenters. The average molecular weight is 577 g/mol. The van der Waals surface area contributed by atoms with E-state index in [0.717, 1.165) is 5.39 Å². The minimum Gasteiger partial charge on any atom is -0.490 e. The van der Waals surface area contributed by atoms with Crippen LogP contribution in [0.5, 0.6) is 11.5 Å². The van der Waals surface area contributed by atoms with Crippen molar-refractivity contribution in [2.45, 2.75) is 6.92 Å². The molecular formula is C28H19BrClN3O4. The Kier molecular flexibility index (Phi) is 6.99. The quantitative estimate of drug-likeness (QED) is 0.163. The Hall–Kier alpha value is -4.06. The SMILES string of the molecule is C#CCOc1c(Br)cc(C=Nn2c(-c3cc4cc(Cl)ccc4o3)nc3ccccc3c2=O)cc1OCC. The summed E-state index contributed by atoms with van der Waals surface area (Å²) >= 11 is 9.65. The van der Waals surface area contributed by atoms with Crippen LogP contribution in [-0.4, -0.2) is 29.1 Å². The van der Waals surface area contributed by atoms with Crippen LogP contribution in [0.2, 0.25) is 5.02 Å². The van der Waals surface area contributed by atoms with Crippen LogP contribution in [0.4, 0.5) is 0 Å². The van der Waals surface area contributed by atoms with Crippen molar-refractivity contribution in [3.63, 3.8) is 0 Å². The molecule has 5 aromatic rings. The summed E-state index contributed by atoms with van der Waals surface area (Å²) in [6.45, 7) is 2.39. The van der Waals surface area contributed by atoms with Gasteiger partial charge in [0.1, 0.15) is 12.2 Å². The third-order valence-electron chi connectivity index (χ3n) is 5.41. The number of benzene rings is 3. The van der Waals surface area contributed by atoms with E-state index in [4.69, 9.17) is 36.9 Å². The van der Waals surface area contributed by atoms with Crippen LogP contribution in [-0.2, 0) is 0 Å². The molecule has 5 rings (SSSR count). The second kappa shape index (κ2) is 10.5. The van der Waals surface area contributed by atoms with E-state index in [9.17, 15) is 4.79 Å². The highest BCUT2D eigenvalue weighted by atomic mass is 79.9. The van der Waals surface area contributed by atoms with Gasteiger partial charge in [0.05, 0.1) is 28.2 Å². The highest BCUT2D eigenvalue weighted by Gasteiger charge is 2.17. The van der Waals surface area contributed by atoms with Gasteiger partial charge in [-0.2, -0.15) is 9.78 Å². The molecule has 0 amide bonds. The molecule has 0 N–H and O–H groups in total. The Bertz CT molecular complexity index is 1770. The van der Waals surface area contributed by atoms with E-state index in [1.165, 1.54) is 4.68 Å². The largest absolute Gasteiger partial charge is 0.490 e. The first-order valence-electron chi connectivity index (χ1n) is 11.3. The monoisotopic (exact) mass is 575 g/mol. The van der Waals surface area contributed by atoms with Crippen molar-refractivity contribution in [2.24, 2.45) is 5.10 Å². The molecule has 0 saturated heterocycles. The van der Waals surface area contributed by atoms with Gasteiger partial charge in [-0.15, -0.1) is 6.42 Å². The van der Waals surface area contributed by atoms with Gasteiger partial charge in [-0.1, -0.05) is 29.7 Å². The summed E-state index contributed by atoms with van der Waals surface area (Å²) in [7, 11) is 0. The zero-order valence-corrected chi connectivity index (χ0v) is 21.9. The third-order valence-corrected chi connectivity index (χ3v) is 6.23. The van der Waals surface area contributed by atoms with Crippen LogP contribution in [0.3, 0.4) is 0 Å². The van der Waals surface area contributed by atoms with Crippen LogP contribution >= 0.6 is 27.5 Å². The zero-order chi connectivity index (χ0) is 25.9. The van der Waals surface area contributed by atoms with Crippen LogP contribution < -0.4 is 15.0 Å². The fraction of sp³-hybridized carbons (Fsp3) is 0.107. The standard InChI is InChI=1S/C28H19BrClN3O4/c1-3-11-36-26-21(29)12-17(13-24(26)35-4-2)16-31-33-27(32-22-8-6-5-7-20(22)28(33)34)25-15-18-14-19(30)9-10-23(18)37-25/h1,5-10,12-16H,4,11H2,2H3. The molecule has 2 heterocycles. The Morgan fingerprint density at radius 1 is 1.19 bits per heavy atom. The van der Waals surface area contributed by atoms with Gasteiger partial charge in [0.15, 0.2) is 17.3 Å². The normalized spacial score (nSPS) is 11.3. The van der Waals surface area contributed by atoms with Crippen molar-refractivity contribution in [3.05, 3.63) is 86.1 Å². The van der Waals surface area contributed by atoms with E-state index in [1.54, 1.807) is 60.8 Å². The number of hydrogen-bond donors (Lipinski definition) is 0. The van der Waals surface area contributed by atoms with Crippen molar-refractivity contribution in [2.75, 3.05) is 13.2 Å². The minimum absolute atomic E-state index is 0.0936. The number of ether oxygens (including phenoxy) is 2. The summed E-state index contributed by atoms with van der Waals surface area (Å²) < 4.78 is 19.2. The number of halogens is 2. The van der Waals surface area contributed by atoms with Crippen molar-refractivity contribution in [1.82, 2.24) is 9.66 Å². The Labute approximate surface area is 225 Å². The molecule has 0 aliphatic carbocycles. The molecule has 2 aromatic heterocycles. The van der Waals surface area contributed by atoms with Crippen LogP contribution in [0.15, 0.2) is 79.4 Å². The van der Waals surface area contributed by atoms with Crippen LogP contribution in [0, 0.1) is 12.3 Å². The lowest BCUT2D eigenvalue weighted by atomic mass is 10.2. The van der Waals surface area contributed by atoms with Gasteiger partial charge < -0.3 is 13.9 Å². The summed E-state index contributed by atoms with van der Waals surface area (Å²) in [5, 5.41) is 6.29. The summed E-state index contributed by atoms with van der Waals surface area (Å²) in [5.74, 6) is 4.06. The number of aromatic nitrogens is 2. The molecule has 0 aliphatic rings. The van der Waals surface area contributed by atoms with E-state index in [1.807, 2.05) is 13.0 Å². The lowest BCUT2D eigenvalue weighted by molar-refractivity contribution is 0.298. The lowest BCUT2D eigenvalue weighted by Gasteiger charge is -2.13. The van der Waals surface area contributed by atoms with Gasteiger partial charge >= 0.3 is 0 Å². The fourth-order valence-electron chi connectivity index (χ4n) is 3.82. The smallest absolute Gasteiger partial charge is 0.282 e. The minimum atomic E-state index is -0.339. The van der Waals surface area contributed by atoms with Gasteiger partial charge in [0, 0.05) is 10.4 Å². The molecule has 37 heavy (non-hydrogen) atoms. The Morgan fingerprint density at radius 2 is 2.03 bits per heavy atom. The molecule has 184 valence electrons. The Balaban J connectivity index is 1.65. The molecular weight excluding hydrogens is 558 g/mol. The molecule has 0 atom stereocenters. The maximum Gasteiger partial charge on any atom is 0.282 e. The van der Waals surface area contributed by atoms with E-state index >= 15 is 0 Å². The summed E-state index contributed by atoms with van der Waals surface area (Å²) in [4.78, 5) is 18.2. The van der Waals surface area contributed by atoms with Crippen molar-refractivity contribution in [1.29, 1.82) is 0 Å². The number of terminal acetylenes is 1. The molecule has 3 aromatic carbocycles. The van der Waals surface area contributed by atoms with E-state index in [-0.39, 0.29) is 18.0 Å². The molecule has 0 radical (unpaired) electrons. The Morgan fingerprint density at radius 3 is 2.84 bits per heavy atom. The third kappa shape index (κ3) is 4.96. The van der Waals surface area contributed by atoms with Gasteiger partial charge in [-0.25, -0.2) is 4.98 Å². The summed E-state index contributed by atoms with van der Waals surface area (Å²) in [6.07, 6.45) is 6.88. The number of furan rings is 1. The van der Waals surface area contributed by atoms with Crippen LogP contribution in [0.1, 0.15) is 12.5 Å². The topological polar surface area (TPSA) is 78.9 Å². The first-order valence-corrected chi connectivity index (χ1v) is 12.4. The number of fused-ring (bicyclic) bond motifs is 2. The summed E-state index contributed by atoms with van der Waals surface area (Å²) in [5.41, 5.74) is 1.47. The van der Waals surface area contributed by atoms with Crippen molar-refractivity contribution < 1.29 is 13.9 Å². The molecule has 0 aliphatic heterocycles. The van der Waals surface area contributed by atoms with Gasteiger partial charge in [-0.3, -0.25) is 4.79 Å². The average Bonchev–Trinajstić information content (AvgIpc) is 3.31. The highest BCUT2D eigenvalue weighted by molar-refractivity contribution is 9.10. The first-order chi connectivity index (χ1) is 18.0. The number of hydrogen-bond acceptors (Lipinski definition) is 6. The molecule has 0 bridgehead atoms. The van der Waals surface area contributed by atoms with Crippen LogP contribution in [0.25, 0.3) is 33.5 Å². The van der Waals surface area contributed by atoms with E-state index in [2.05, 4.69) is 27.0 Å². The van der Waals surface area contributed by atoms with Gasteiger partial charge in [0.2, 0.25) is 5.82 Å². The summed E-state index contributed by atoms with van der Waals surface area (Å²) in [6, 6.07) is 17.7. The van der Waals surface area contributed by atoms with Gasteiger partial charge in [-0.05, 0) is 76.9 Å². The highest BCUT2D eigenvalue weighted by Crippen LogP contribution is 2.36. The maximum atomic E-state index is 13.5. The molecule has 9 heteroatoms. The molecule has 0 fully saturated rings. The van der Waals surface area contributed by atoms with Crippen molar-refractivity contribution in [3.8, 4) is 35.4 Å². The van der Waals surface area contributed by atoms with E-state index < -0.39 is 0 Å². The van der Waals surface area contributed by atoms with Crippen molar-refractivity contribution >= 4 is 55.6 Å². The number of para-hydroxylation sites is 1. The second-order valence-corrected chi connectivity index (χ2v) is 9.15.